The van der Waals surface area contributed by atoms with Crippen molar-refractivity contribution >= 4 is 27.1 Å². The highest BCUT2D eigenvalue weighted by Crippen LogP contribution is 2.58. The summed E-state index contributed by atoms with van der Waals surface area (Å²) in [4.78, 5) is 57.6. The number of carboxylic acids is 2. The highest BCUT2D eigenvalue weighted by Gasteiger charge is 2.57. The second-order valence-corrected chi connectivity index (χ2v) is 7.63. The molecule has 0 aliphatic rings. The van der Waals surface area contributed by atoms with E-state index in [0.717, 1.165) is 6.92 Å². The first-order valence-corrected chi connectivity index (χ1v) is 8.16. The molecule has 0 rings (SSSR count). The molecule has 0 spiro atoms. The zero-order chi connectivity index (χ0) is 15.6. The fraction of sp³-hybridized carbons (Fsp3) is 0.714. The van der Waals surface area contributed by atoms with Crippen LogP contribution in [0, 0.1) is 0 Å². The molecule has 0 saturated heterocycles. The van der Waals surface area contributed by atoms with Gasteiger partial charge in [-0.2, -0.15) is 0 Å². The Morgan fingerprint density at radius 2 is 1.53 bits per heavy atom. The maximum atomic E-state index is 11.3. The van der Waals surface area contributed by atoms with Gasteiger partial charge in [0.2, 0.25) is 0 Å². The van der Waals surface area contributed by atoms with Crippen molar-refractivity contribution in [2.75, 3.05) is 0 Å². The second kappa shape index (κ2) is 5.70. The van der Waals surface area contributed by atoms with Gasteiger partial charge in [-0.1, -0.05) is 6.92 Å². The Kier molecular flexibility index (Phi) is 5.47. The van der Waals surface area contributed by atoms with Gasteiger partial charge in [-0.25, -0.2) is 0 Å². The molecule has 0 radical (unpaired) electrons. The van der Waals surface area contributed by atoms with E-state index >= 15 is 0 Å². The number of carbonyl (C=O) groups is 2. The van der Waals surface area contributed by atoms with Crippen molar-refractivity contribution in [3.8, 4) is 0 Å². The molecule has 112 valence electrons. The predicted octanol–water partition coefficient (Wildman–Crippen LogP) is -0.582. The van der Waals surface area contributed by atoms with E-state index < -0.39 is 50.8 Å². The number of rotatable bonds is 7. The van der Waals surface area contributed by atoms with Crippen LogP contribution in [-0.4, -0.2) is 52.5 Å². The minimum Gasteiger partial charge on any atom is -0.481 e. The molecule has 0 amide bonds. The van der Waals surface area contributed by atoms with Crippen LogP contribution in [0.5, 0.6) is 0 Å². The van der Waals surface area contributed by atoms with Gasteiger partial charge >= 0.3 is 27.1 Å². The minimum absolute atomic E-state index is 0.684. The largest absolute Gasteiger partial charge is 0.481 e. The zero-order valence-electron chi connectivity index (χ0n) is 9.70. The molecule has 0 heterocycles. The lowest BCUT2D eigenvalue weighted by atomic mass is 9.99. The van der Waals surface area contributed by atoms with Crippen LogP contribution in [0.1, 0.15) is 19.8 Å². The molecule has 0 aromatic heterocycles. The molecule has 0 saturated carbocycles. The van der Waals surface area contributed by atoms with Crippen LogP contribution in [0.15, 0.2) is 0 Å². The lowest BCUT2D eigenvalue weighted by molar-refractivity contribution is -0.142. The third-order valence-electron chi connectivity index (χ3n) is 2.76. The van der Waals surface area contributed by atoms with Crippen molar-refractivity contribution in [2.24, 2.45) is 0 Å². The van der Waals surface area contributed by atoms with Crippen LogP contribution in [0.4, 0.5) is 0 Å². The molecule has 2 unspecified atom stereocenters. The summed E-state index contributed by atoms with van der Waals surface area (Å²) in [5, 5.41) is 14.7. The van der Waals surface area contributed by atoms with E-state index in [0.29, 0.717) is 0 Å². The van der Waals surface area contributed by atoms with Crippen LogP contribution in [-0.2, 0) is 18.7 Å². The Balaban J connectivity index is 5.83. The fourth-order valence-electron chi connectivity index (χ4n) is 1.50. The van der Waals surface area contributed by atoms with Crippen molar-refractivity contribution in [3.05, 3.63) is 0 Å². The van der Waals surface area contributed by atoms with Gasteiger partial charge in [0.05, 0.1) is 0 Å². The lowest BCUT2D eigenvalue weighted by Gasteiger charge is -2.31. The summed E-state index contributed by atoms with van der Waals surface area (Å²) in [7, 11) is -10.6. The third kappa shape index (κ3) is 3.85. The van der Waals surface area contributed by atoms with Gasteiger partial charge < -0.3 is 29.8 Å². The topological polar surface area (TPSA) is 190 Å². The van der Waals surface area contributed by atoms with Crippen LogP contribution in [0.2, 0.25) is 0 Å². The van der Waals surface area contributed by atoms with Crippen LogP contribution >= 0.6 is 15.2 Å². The van der Waals surface area contributed by atoms with Crippen molar-refractivity contribution in [3.63, 3.8) is 0 Å². The summed E-state index contributed by atoms with van der Waals surface area (Å²) >= 11 is 0. The summed E-state index contributed by atoms with van der Waals surface area (Å²) in [6, 6.07) is 0. The molecule has 10 nitrogen and oxygen atoms in total. The molecule has 0 aliphatic heterocycles. The van der Waals surface area contributed by atoms with Crippen molar-refractivity contribution < 1.29 is 48.5 Å². The van der Waals surface area contributed by atoms with E-state index in [9.17, 15) is 18.7 Å². The molecule has 0 bridgehead atoms. The smallest absolute Gasteiger partial charge is 0.342 e. The normalized spacial score (nSPS) is 17.5. The van der Waals surface area contributed by atoms with Crippen molar-refractivity contribution in [1.82, 2.24) is 0 Å². The minimum atomic E-state index is -5.33. The monoisotopic (exact) mass is 320 g/mol. The third-order valence-corrected chi connectivity index (χ3v) is 5.78. The molecule has 19 heavy (non-hydrogen) atoms. The molecule has 0 aromatic rings. The van der Waals surface area contributed by atoms with E-state index in [2.05, 4.69) is 0 Å². The maximum Gasteiger partial charge on any atom is 0.342 e. The fourth-order valence-corrected chi connectivity index (χ4v) is 3.57. The summed E-state index contributed by atoms with van der Waals surface area (Å²) in [5.41, 5.74) is -2.50. The van der Waals surface area contributed by atoms with Crippen molar-refractivity contribution in [1.29, 1.82) is 0 Å². The first kappa shape index (κ1) is 18.2. The summed E-state index contributed by atoms with van der Waals surface area (Å²) in [6.45, 7) is 1.08. The average molecular weight is 320 g/mol. The molecular formula is C7H14O10P2. The molecule has 12 heteroatoms. The van der Waals surface area contributed by atoms with E-state index in [1.165, 1.54) is 0 Å². The molecular weight excluding hydrogens is 306 g/mol. The number of aliphatic carboxylic acids is 2. The zero-order valence-corrected chi connectivity index (χ0v) is 11.5. The van der Waals surface area contributed by atoms with E-state index in [4.69, 9.17) is 29.8 Å². The van der Waals surface area contributed by atoms with Gasteiger partial charge in [0.15, 0.2) is 10.8 Å². The van der Waals surface area contributed by atoms with Crippen molar-refractivity contribution in [2.45, 2.75) is 30.6 Å². The molecule has 0 fully saturated rings. The van der Waals surface area contributed by atoms with E-state index in [1.54, 1.807) is 0 Å². The average Bonchev–Trinajstić information content (AvgIpc) is 2.13. The highest BCUT2D eigenvalue weighted by atomic mass is 31.2. The van der Waals surface area contributed by atoms with Gasteiger partial charge in [0, 0.05) is 0 Å². The summed E-state index contributed by atoms with van der Waals surface area (Å²) in [6.07, 6.45) is -2.06. The Morgan fingerprint density at radius 1 is 1.11 bits per heavy atom. The van der Waals surface area contributed by atoms with Gasteiger partial charge in [0.1, 0.15) is 0 Å². The Bertz CT molecular complexity index is 460. The number of hydrogen-bond acceptors (Lipinski definition) is 4. The highest BCUT2D eigenvalue weighted by molar-refractivity contribution is 7.55. The Hall–Kier alpha value is -0.760. The summed E-state index contributed by atoms with van der Waals surface area (Å²) in [5.74, 6) is -4.04. The van der Waals surface area contributed by atoms with Gasteiger partial charge in [-0.05, 0) is 12.8 Å². The maximum absolute atomic E-state index is 11.3. The molecule has 0 aromatic carbocycles. The lowest BCUT2D eigenvalue weighted by Crippen LogP contribution is -2.43. The first-order valence-electron chi connectivity index (χ1n) is 4.86. The van der Waals surface area contributed by atoms with Gasteiger partial charge in [-0.3, -0.25) is 18.7 Å². The Labute approximate surface area is 107 Å². The van der Waals surface area contributed by atoms with E-state index in [-0.39, 0.29) is 0 Å². The molecule has 0 aliphatic carbocycles. The van der Waals surface area contributed by atoms with Gasteiger partial charge in [-0.15, -0.1) is 0 Å². The Morgan fingerprint density at radius 3 is 1.68 bits per heavy atom. The predicted molar refractivity (Wildman–Crippen MR) is 60.8 cm³/mol. The first-order chi connectivity index (χ1) is 8.29. The number of carboxylic acid groups (broad SMARTS) is 2. The molecule has 6 N–H and O–H groups in total. The quantitative estimate of drug-likeness (QED) is 0.331. The second-order valence-electron chi connectivity index (χ2n) is 3.88. The summed E-state index contributed by atoms with van der Waals surface area (Å²) < 4.78 is 22.3. The SMILES string of the molecule is CCC(CC(C(=O)O)P(=O)(O)O)(C(=O)O)P(=O)(O)O. The van der Waals surface area contributed by atoms with Crippen LogP contribution < -0.4 is 0 Å². The van der Waals surface area contributed by atoms with Crippen LogP contribution in [0.3, 0.4) is 0 Å². The van der Waals surface area contributed by atoms with Crippen LogP contribution in [0.25, 0.3) is 0 Å². The van der Waals surface area contributed by atoms with Gasteiger partial charge in [0.25, 0.3) is 0 Å². The standard InChI is InChI=1S/C7H14O10P2/c1-2-7(6(10)11,19(15,16)17)3-4(5(8)9)18(12,13)14/h4H,2-3H2,1H3,(H,8,9)(H,10,11)(H2,12,13,14)(H2,15,16,17). The molecule has 2 atom stereocenters. The van der Waals surface area contributed by atoms with E-state index in [1.807, 2.05) is 0 Å². The number of hydrogen-bond donors (Lipinski definition) is 6.